The zero-order chi connectivity index (χ0) is 25.7. The summed E-state index contributed by atoms with van der Waals surface area (Å²) in [6, 6.07) is 21.7. The van der Waals surface area contributed by atoms with E-state index in [0.29, 0.717) is 33.9 Å². The molecule has 5 rings (SSSR count). The molecule has 0 unspecified atom stereocenters. The van der Waals surface area contributed by atoms with E-state index in [1.165, 1.54) is 17.4 Å². The summed E-state index contributed by atoms with van der Waals surface area (Å²) < 4.78 is 45.1. The summed E-state index contributed by atoms with van der Waals surface area (Å²) in [5.74, 6) is 0. The van der Waals surface area contributed by atoms with Crippen molar-refractivity contribution in [3.05, 3.63) is 99.9 Å². The van der Waals surface area contributed by atoms with Gasteiger partial charge in [-0.05, 0) is 57.8 Å². The summed E-state index contributed by atoms with van der Waals surface area (Å²) >= 11 is 7.45. The van der Waals surface area contributed by atoms with Gasteiger partial charge in [-0.3, -0.25) is 4.68 Å². The van der Waals surface area contributed by atoms with Crippen LogP contribution in [-0.2, 0) is 18.1 Å². The molecule has 5 aromatic rings. The highest BCUT2D eigenvalue weighted by Gasteiger charge is 2.36. The van der Waals surface area contributed by atoms with Crippen LogP contribution >= 0.6 is 22.9 Å². The molecular formula is C29H24ClF3N2S. The zero-order valence-corrected chi connectivity index (χ0v) is 21.6. The predicted octanol–water partition coefficient (Wildman–Crippen LogP) is 9.45. The van der Waals surface area contributed by atoms with Crippen LogP contribution in [0.25, 0.3) is 32.6 Å². The van der Waals surface area contributed by atoms with Gasteiger partial charge in [-0.15, -0.1) is 11.3 Å². The van der Waals surface area contributed by atoms with Crippen molar-refractivity contribution in [2.75, 3.05) is 0 Å². The molecule has 0 aliphatic rings. The van der Waals surface area contributed by atoms with Crippen LogP contribution in [0.3, 0.4) is 0 Å². The number of aromatic nitrogens is 2. The van der Waals surface area contributed by atoms with E-state index in [1.54, 1.807) is 16.8 Å². The average Bonchev–Trinajstić information content (AvgIpc) is 3.48. The number of nitrogens with zero attached hydrogens (tertiary/aromatic N) is 2. The fourth-order valence-electron chi connectivity index (χ4n) is 4.33. The molecule has 7 heteroatoms. The first kappa shape index (κ1) is 24.6. The normalized spacial score (nSPS) is 12.4. The van der Waals surface area contributed by atoms with Gasteiger partial charge in [-0.25, -0.2) is 0 Å². The minimum absolute atomic E-state index is 0.0682. The Hall–Kier alpha value is -3.09. The van der Waals surface area contributed by atoms with Gasteiger partial charge in [0.15, 0.2) is 0 Å². The number of fused-ring (bicyclic) bond motifs is 1. The average molecular weight is 525 g/mol. The Labute approximate surface area is 217 Å². The Kier molecular flexibility index (Phi) is 6.21. The first-order valence-electron chi connectivity index (χ1n) is 11.5. The van der Waals surface area contributed by atoms with Gasteiger partial charge in [-0.2, -0.15) is 18.3 Å². The lowest BCUT2D eigenvalue weighted by Gasteiger charge is -2.19. The number of hydrogen-bond acceptors (Lipinski definition) is 2. The summed E-state index contributed by atoms with van der Waals surface area (Å²) in [4.78, 5) is 0.776. The highest BCUT2D eigenvalue weighted by atomic mass is 35.5. The third-order valence-electron chi connectivity index (χ3n) is 6.23. The molecule has 0 saturated heterocycles. The zero-order valence-electron chi connectivity index (χ0n) is 20.0. The summed E-state index contributed by atoms with van der Waals surface area (Å²) in [6.07, 6.45) is -4.54. The van der Waals surface area contributed by atoms with Crippen LogP contribution < -0.4 is 0 Å². The van der Waals surface area contributed by atoms with Gasteiger partial charge < -0.3 is 0 Å². The number of rotatable bonds is 4. The van der Waals surface area contributed by atoms with Crippen molar-refractivity contribution in [1.82, 2.24) is 9.78 Å². The predicted molar refractivity (Wildman–Crippen MR) is 143 cm³/mol. The topological polar surface area (TPSA) is 17.8 Å². The molecule has 3 aromatic carbocycles. The highest BCUT2D eigenvalue weighted by Crippen LogP contribution is 2.43. The minimum atomic E-state index is -4.54. The van der Waals surface area contributed by atoms with Gasteiger partial charge in [0.1, 0.15) is 5.69 Å². The molecule has 2 nitrogen and oxygen atoms in total. The van der Waals surface area contributed by atoms with E-state index >= 15 is 0 Å². The van der Waals surface area contributed by atoms with Crippen LogP contribution in [0.5, 0.6) is 0 Å². The van der Waals surface area contributed by atoms with Crippen LogP contribution in [0.4, 0.5) is 13.2 Å². The molecule has 2 heterocycles. The van der Waals surface area contributed by atoms with E-state index in [2.05, 4.69) is 20.8 Å². The summed E-state index contributed by atoms with van der Waals surface area (Å²) in [6.45, 7) is 6.63. The molecule has 0 N–H and O–H groups in total. The van der Waals surface area contributed by atoms with Gasteiger partial charge >= 0.3 is 6.18 Å². The largest absolute Gasteiger partial charge is 0.417 e. The molecule has 0 spiro atoms. The lowest BCUT2D eigenvalue weighted by molar-refractivity contribution is -0.136. The van der Waals surface area contributed by atoms with Crippen molar-refractivity contribution < 1.29 is 13.2 Å². The van der Waals surface area contributed by atoms with Crippen LogP contribution in [0, 0.1) is 0 Å². The van der Waals surface area contributed by atoms with E-state index in [1.807, 2.05) is 60.0 Å². The molecule has 184 valence electrons. The van der Waals surface area contributed by atoms with Crippen molar-refractivity contribution >= 4 is 33.8 Å². The number of thiophene rings is 1. The van der Waals surface area contributed by atoms with Crippen LogP contribution in [0.15, 0.2) is 78.2 Å². The summed E-state index contributed by atoms with van der Waals surface area (Å²) in [5.41, 5.74) is 3.19. The highest BCUT2D eigenvalue weighted by molar-refractivity contribution is 7.13. The van der Waals surface area contributed by atoms with Gasteiger partial charge in [0.25, 0.3) is 0 Å². The smallest absolute Gasteiger partial charge is 0.260 e. The molecule has 0 atom stereocenters. The lowest BCUT2D eigenvalue weighted by Crippen LogP contribution is -2.10. The number of benzene rings is 3. The lowest BCUT2D eigenvalue weighted by atomic mass is 9.86. The number of alkyl halides is 3. The third-order valence-corrected chi connectivity index (χ3v) is 7.41. The van der Waals surface area contributed by atoms with Gasteiger partial charge in [-0.1, -0.05) is 74.8 Å². The van der Waals surface area contributed by atoms with Crippen LogP contribution in [0.1, 0.15) is 37.5 Å². The second kappa shape index (κ2) is 9.09. The maximum Gasteiger partial charge on any atom is 0.417 e. The fraction of sp³-hybridized carbons (Fsp3) is 0.207. The Morgan fingerprint density at radius 2 is 1.58 bits per heavy atom. The van der Waals surface area contributed by atoms with E-state index < -0.39 is 11.7 Å². The molecule has 0 bridgehead atoms. The van der Waals surface area contributed by atoms with Crippen molar-refractivity contribution in [1.29, 1.82) is 0 Å². The second-order valence-electron chi connectivity index (χ2n) is 9.85. The Bertz CT molecular complexity index is 1510. The SMILES string of the molecule is CC(C)(C)c1ccc(-c2nn(Cc3ccc(Cl)cc3)c3cc(-c4cccs4)cc(C(F)(F)F)c23)cc1. The molecule has 0 saturated carbocycles. The van der Waals surface area contributed by atoms with Gasteiger partial charge in [0, 0.05) is 20.8 Å². The van der Waals surface area contributed by atoms with E-state index in [-0.39, 0.29) is 10.8 Å². The summed E-state index contributed by atoms with van der Waals surface area (Å²) in [7, 11) is 0. The van der Waals surface area contributed by atoms with Crippen LogP contribution in [-0.4, -0.2) is 9.78 Å². The van der Waals surface area contributed by atoms with Crippen molar-refractivity contribution in [3.8, 4) is 21.7 Å². The third kappa shape index (κ3) is 4.80. The standard InChI is InChI=1S/C29H24ClF3N2S/c1-28(2,3)21-10-8-19(9-11-21)27-26-23(29(31,32)33)15-20(25-5-4-14-36-25)16-24(26)35(34-27)17-18-6-12-22(30)13-7-18/h4-16H,17H2,1-3H3. The second-order valence-corrected chi connectivity index (χ2v) is 11.2. The molecule has 0 amide bonds. The Morgan fingerprint density at radius 1 is 0.889 bits per heavy atom. The first-order chi connectivity index (χ1) is 17.0. The first-order valence-corrected chi connectivity index (χ1v) is 12.8. The molecule has 36 heavy (non-hydrogen) atoms. The molecule has 0 radical (unpaired) electrons. The maximum atomic E-state index is 14.5. The fourth-order valence-corrected chi connectivity index (χ4v) is 5.17. The summed E-state index contributed by atoms with van der Waals surface area (Å²) in [5, 5.41) is 7.33. The maximum absolute atomic E-state index is 14.5. The van der Waals surface area contributed by atoms with Gasteiger partial charge in [0.2, 0.25) is 0 Å². The molecule has 0 aliphatic carbocycles. The van der Waals surface area contributed by atoms with Crippen molar-refractivity contribution in [3.63, 3.8) is 0 Å². The molecule has 0 aliphatic heterocycles. The van der Waals surface area contributed by atoms with E-state index in [0.717, 1.165) is 16.0 Å². The van der Waals surface area contributed by atoms with E-state index in [4.69, 9.17) is 16.7 Å². The number of halogens is 4. The van der Waals surface area contributed by atoms with Crippen molar-refractivity contribution in [2.45, 2.75) is 38.9 Å². The quantitative estimate of drug-likeness (QED) is 0.229. The number of hydrogen-bond donors (Lipinski definition) is 0. The minimum Gasteiger partial charge on any atom is -0.260 e. The van der Waals surface area contributed by atoms with E-state index in [9.17, 15) is 13.2 Å². The van der Waals surface area contributed by atoms with Crippen molar-refractivity contribution in [2.24, 2.45) is 0 Å². The van der Waals surface area contributed by atoms with Gasteiger partial charge in [0.05, 0.1) is 17.6 Å². The monoisotopic (exact) mass is 524 g/mol. The Balaban J connectivity index is 1.77. The molecule has 0 fully saturated rings. The molecular weight excluding hydrogens is 501 g/mol. The Morgan fingerprint density at radius 3 is 2.17 bits per heavy atom. The van der Waals surface area contributed by atoms with Crippen LogP contribution in [0.2, 0.25) is 5.02 Å². The molecule has 2 aromatic heterocycles.